The van der Waals surface area contributed by atoms with Crippen molar-refractivity contribution in [3.63, 3.8) is 0 Å². The van der Waals surface area contributed by atoms with Gasteiger partial charge in [0.1, 0.15) is 6.54 Å². The Hall–Kier alpha value is -1.56. The number of likely N-dealkylation sites (tertiary alicyclic amines) is 1. The number of nitrogens with one attached hydrogen (secondary N) is 1. The second-order valence-electron chi connectivity index (χ2n) is 5.14. The normalized spacial score (nSPS) is 15.9. The smallest absolute Gasteiger partial charge is 0.241 e. The van der Waals surface area contributed by atoms with Crippen LogP contribution in [0.1, 0.15) is 24.2 Å². The predicted octanol–water partition coefficient (Wildman–Crippen LogP) is 0.294. The lowest BCUT2D eigenvalue weighted by atomic mass is 10.3. The Balaban J connectivity index is 1.75. The van der Waals surface area contributed by atoms with E-state index in [1.165, 1.54) is 12.8 Å². The average molecular weight is 265 g/mol. The van der Waals surface area contributed by atoms with Crippen molar-refractivity contribution in [2.75, 3.05) is 31.9 Å². The quantitative estimate of drug-likeness (QED) is 0.802. The molecule has 2 rings (SSSR count). The summed E-state index contributed by atoms with van der Waals surface area (Å²) in [5, 5.41) is 7.19. The number of hydrogen-bond donors (Lipinski definition) is 2. The summed E-state index contributed by atoms with van der Waals surface area (Å²) < 4.78 is 1.66. The van der Waals surface area contributed by atoms with Crippen molar-refractivity contribution in [1.29, 1.82) is 0 Å². The highest BCUT2D eigenvalue weighted by atomic mass is 16.2. The molecule has 1 aliphatic rings. The number of aromatic nitrogens is 2. The van der Waals surface area contributed by atoms with E-state index in [-0.39, 0.29) is 12.5 Å². The van der Waals surface area contributed by atoms with Gasteiger partial charge in [-0.2, -0.15) is 5.10 Å². The number of nitrogens with zero attached hydrogens (tertiary/aromatic N) is 3. The van der Waals surface area contributed by atoms with Gasteiger partial charge < -0.3 is 16.0 Å². The molecular formula is C13H23N5O. The van der Waals surface area contributed by atoms with E-state index in [4.69, 9.17) is 5.73 Å². The average Bonchev–Trinajstić information content (AvgIpc) is 2.96. The number of hydrogen-bond acceptors (Lipinski definition) is 4. The molecule has 0 atom stereocenters. The van der Waals surface area contributed by atoms with Crippen molar-refractivity contribution in [3.8, 4) is 0 Å². The van der Waals surface area contributed by atoms with Crippen molar-refractivity contribution in [1.82, 2.24) is 20.0 Å². The van der Waals surface area contributed by atoms with Gasteiger partial charge in [-0.05, 0) is 39.8 Å². The number of rotatable bonds is 5. The molecule has 1 amide bonds. The van der Waals surface area contributed by atoms with E-state index >= 15 is 0 Å². The molecule has 1 aromatic rings. The van der Waals surface area contributed by atoms with Gasteiger partial charge in [-0.3, -0.25) is 9.48 Å². The van der Waals surface area contributed by atoms with E-state index in [0.717, 1.165) is 31.0 Å². The van der Waals surface area contributed by atoms with E-state index < -0.39 is 0 Å². The van der Waals surface area contributed by atoms with Crippen LogP contribution in [-0.2, 0) is 11.3 Å². The first-order chi connectivity index (χ1) is 9.08. The summed E-state index contributed by atoms with van der Waals surface area (Å²) >= 11 is 0. The molecule has 0 saturated carbocycles. The molecule has 0 spiro atoms. The molecule has 1 aliphatic heterocycles. The number of aryl methyl sites for hydroxylation is 1. The highest BCUT2D eigenvalue weighted by molar-refractivity contribution is 5.75. The lowest BCUT2D eigenvalue weighted by Gasteiger charge is -2.14. The summed E-state index contributed by atoms with van der Waals surface area (Å²) in [6, 6.07) is 0. The lowest BCUT2D eigenvalue weighted by molar-refractivity contribution is -0.121. The second kappa shape index (κ2) is 6.06. The minimum atomic E-state index is -0.00945. The van der Waals surface area contributed by atoms with Gasteiger partial charge in [0.25, 0.3) is 0 Å². The summed E-state index contributed by atoms with van der Waals surface area (Å²) in [7, 11) is 0. The maximum absolute atomic E-state index is 11.8. The second-order valence-corrected chi connectivity index (χ2v) is 5.14. The summed E-state index contributed by atoms with van der Waals surface area (Å²) in [5.41, 5.74) is 8.14. The summed E-state index contributed by atoms with van der Waals surface area (Å²) in [5.74, 6) is -0.00945. The molecule has 0 radical (unpaired) electrons. The molecule has 0 unspecified atom stereocenters. The Kier molecular flexibility index (Phi) is 4.42. The zero-order chi connectivity index (χ0) is 13.8. The highest BCUT2D eigenvalue weighted by Gasteiger charge is 2.13. The molecule has 2 heterocycles. The fourth-order valence-corrected chi connectivity index (χ4v) is 2.42. The summed E-state index contributed by atoms with van der Waals surface area (Å²) in [4.78, 5) is 14.2. The predicted molar refractivity (Wildman–Crippen MR) is 74.8 cm³/mol. The van der Waals surface area contributed by atoms with Crippen molar-refractivity contribution in [2.24, 2.45) is 0 Å². The monoisotopic (exact) mass is 265 g/mol. The maximum atomic E-state index is 11.8. The molecule has 1 aromatic heterocycles. The fourth-order valence-electron chi connectivity index (χ4n) is 2.42. The van der Waals surface area contributed by atoms with E-state index in [9.17, 15) is 4.79 Å². The Morgan fingerprint density at radius 2 is 2.05 bits per heavy atom. The van der Waals surface area contributed by atoms with E-state index in [0.29, 0.717) is 12.2 Å². The molecule has 0 bridgehead atoms. The molecule has 106 valence electrons. The number of amides is 1. The largest absolute Gasteiger partial charge is 0.396 e. The van der Waals surface area contributed by atoms with Gasteiger partial charge in [0.2, 0.25) is 5.91 Å². The van der Waals surface area contributed by atoms with Crippen LogP contribution in [-0.4, -0.2) is 46.8 Å². The fraction of sp³-hybridized carbons (Fsp3) is 0.692. The van der Waals surface area contributed by atoms with Crippen LogP contribution in [0.15, 0.2) is 0 Å². The Morgan fingerprint density at radius 3 is 2.63 bits per heavy atom. The molecule has 19 heavy (non-hydrogen) atoms. The first kappa shape index (κ1) is 13.9. The van der Waals surface area contributed by atoms with Crippen molar-refractivity contribution < 1.29 is 4.79 Å². The Morgan fingerprint density at radius 1 is 1.37 bits per heavy atom. The molecule has 6 heteroatoms. The third kappa shape index (κ3) is 3.47. The van der Waals surface area contributed by atoms with Gasteiger partial charge in [0.15, 0.2) is 0 Å². The van der Waals surface area contributed by atoms with Crippen LogP contribution in [0.3, 0.4) is 0 Å². The van der Waals surface area contributed by atoms with Crippen LogP contribution in [0.25, 0.3) is 0 Å². The number of carbonyl (C=O) groups excluding carboxylic acids is 1. The molecule has 0 aliphatic carbocycles. The minimum Gasteiger partial charge on any atom is -0.396 e. The Labute approximate surface area is 113 Å². The molecule has 1 saturated heterocycles. The zero-order valence-corrected chi connectivity index (χ0v) is 11.8. The molecule has 0 aromatic carbocycles. The maximum Gasteiger partial charge on any atom is 0.241 e. The van der Waals surface area contributed by atoms with Gasteiger partial charge >= 0.3 is 0 Å². The summed E-state index contributed by atoms with van der Waals surface area (Å²) in [6.45, 7) is 7.92. The topological polar surface area (TPSA) is 76.2 Å². The van der Waals surface area contributed by atoms with Gasteiger partial charge in [-0.15, -0.1) is 0 Å². The third-order valence-electron chi connectivity index (χ3n) is 3.68. The third-order valence-corrected chi connectivity index (χ3v) is 3.68. The molecular weight excluding hydrogens is 242 g/mol. The molecule has 1 fully saturated rings. The van der Waals surface area contributed by atoms with Crippen LogP contribution in [0.5, 0.6) is 0 Å². The van der Waals surface area contributed by atoms with Crippen molar-refractivity contribution >= 4 is 11.6 Å². The summed E-state index contributed by atoms with van der Waals surface area (Å²) in [6.07, 6.45) is 2.55. The number of anilines is 1. The number of nitrogen functional groups attached to an aromatic ring is 1. The van der Waals surface area contributed by atoms with Gasteiger partial charge in [-0.25, -0.2) is 0 Å². The standard InChI is InChI=1S/C13H23N5O/c1-10-13(14)11(2)18(16-10)9-12(19)15-5-8-17-6-3-4-7-17/h3-9,14H2,1-2H3,(H,15,19). The van der Waals surface area contributed by atoms with E-state index in [1.54, 1.807) is 4.68 Å². The van der Waals surface area contributed by atoms with Gasteiger partial charge in [0, 0.05) is 13.1 Å². The van der Waals surface area contributed by atoms with Gasteiger partial charge in [-0.1, -0.05) is 0 Å². The lowest BCUT2D eigenvalue weighted by Crippen LogP contribution is -2.35. The van der Waals surface area contributed by atoms with Crippen LogP contribution >= 0.6 is 0 Å². The van der Waals surface area contributed by atoms with E-state index in [1.807, 2.05) is 13.8 Å². The first-order valence-electron chi connectivity index (χ1n) is 6.86. The molecule has 6 nitrogen and oxygen atoms in total. The highest BCUT2D eigenvalue weighted by Crippen LogP contribution is 2.14. The Bertz CT molecular complexity index is 448. The zero-order valence-electron chi connectivity index (χ0n) is 11.8. The van der Waals surface area contributed by atoms with Crippen molar-refractivity contribution in [3.05, 3.63) is 11.4 Å². The van der Waals surface area contributed by atoms with Gasteiger partial charge in [0.05, 0.1) is 17.1 Å². The van der Waals surface area contributed by atoms with Crippen LogP contribution < -0.4 is 11.1 Å². The first-order valence-corrected chi connectivity index (χ1v) is 6.86. The minimum absolute atomic E-state index is 0.00945. The number of nitrogens with two attached hydrogens (primary N) is 1. The van der Waals surface area contributed by atoms with E-state index in [2.05, 4.69) is 15.3 Å². The van der Waals surface area contributed by atoms with Crippen LogP contribution in [0.4, 0.5) is 5.69 Å². The number of carbonyl (C=O) groups is 1. The van der Waals surface area contributed by atoms with Crippen LogP contribution in [0, 0.1) is 13.8 Å². The SMILES string of the molecule is Cc1nn(CC(=O)NCCN2CCCC2)c(C)c1N. The molecule has 3 N–H and O–H groups in total. The van der Waals surface area contributed by atoms with Crippen LogP contribution in [0.2, 0.25) is 0 Å². The van der Waals surface area contributed by atoms with Crippen molar-refractivity contribution in [2.45, 2.75) is 33.2 Å².